The number of benzene rings is 1. The maximum absolute atomic E-state index is 4.58. The summed E-state index contributed by atoms with van der Waals surface area (Å²) >= 11 is 1.60. The average molecular weight is 399 g/mol. The number of aromatic nitrogens is 7. The van der Waals surface area contributed by atoms with Crippen LogP contribution < -0.4 is 0 Å². The number of nitrogens with zero attached hydrogens (tertiary/aromatic N) is 7. The Bertz CT molecular complexity index is 1240. The molecule has 8 heteroatoms. The molecule has 0 aliphatic heterocycles. The highest BCUT2D eigenvalue weighted by molar-refractivity contribution is 7.98. The van der Waals surface area contributed by atoms with Gasteiger partial charge in [0.05, 0.1) is 11.4 Å². The van der Waals surface area contributed by atoms with Gasteiger partial charge in [-0.25, -0.2) is 9.97 Å². The molecule has 0 fully saturated rings. The number of para-hydroxylation sites is 1. The van der Waals surface area contributed by atoms with Gasteiger partial charge in [-0.15, -0.1) is 10.2 Å². The molecule has 7 nitrogen and oxygen atoms in total. The second-order valence-corrected chi connectivity index (χ2v) is 7.46. The van der Waals surface area contributed by atoms with Crippen molar-refractivity contribution in [3.05, 3.63) is 84.7 Å². The van der Waals surface area contributed by atoms with Crippen LogP contribution in [0, 0.1) is 6.92 Å². The zero-order valence-corrected chi connectivity index (χ0v) is 16.5. The van der Waals surface area contributed by atoms with Crippen LogP contribution in [0.5, 0.6) is 0 Å². The van der Waals surface area contributed by atoms with E-state index < -0.39 is 0 Å². The number of thioether (sulfide) groups is 1. The zero-order chi connectivity index (χ0) is 19.6. The van der Waals surface area contributed by atoms with Crippen molar-refractivity contribution in [2.45, 2.75) is 17.8 Å². The number of pyridine rings is 1. The van der Waals surface area contributed by atoms with Crippen molar-refractivity contribution in [3.63, 3.8) is 0 Å². The van der Waals surface area contributed by atoms with Crippen molar-refractivity contribution < 1.29 is 0 Å². The molecular formula is C21H17N7S. The topological polar surface area (TPSA) is 73.8 Å². The highest BCUT2D eigenvalue weighted by Gasteiger charge is 2.18. The van der Waals surface area contributed by atoms with Crippen LogP contribution in [0.3, 0.4) is 0 Å². The van der Waals surface area contributed by atoms with Crippen LogP contribution in [0.2, 0.25) is 0 Å². The zero-order valence-electron chi connectivity index (χ0n) is 15.7. The minimum atomic E-state index is 0.667. The van der Waals surface area contributed by atoms with Gasteiger partial charge in [0.2, 0.25) is 5.78 Å². The van der Waals surface area contributed by atoms with E-state index in [1.807, 2.05) is 47.1 Å². The molecule has 5 rings (SSSR count). The van der Waals surface area contributed by atoms with Crippen LogP contribution in [-0.4, -0.2) is 34.1 Å². The van der Waals surface area contributed by atoms with E-state index in [2.05, 4.69) is 48.8 Å². The van der Waals surface area contributed by atoms with Crippen molar-refractivity contribution >= 4 is 17.5 Å². The first-order chi connectivity index (χ1) is 14.3. The summed E-state index contributed by atoms with van der Waals surface area (Å²) < 4.78 is 4.01. The van der Waals surface area contributed by atoms with E-state index in [-0.39, 0.29) is 0 Å². The molecule has 29 heavy (non-hydrogen) atoms. The molecule has 0 radical (unpaired) electrons. The molecule has 5 aromatic rings. The molecule has 0 saturated carbocycles. The fourth-order valence-corrected chi connectivity index (χ4v) is 3.99. The summed E-state index contributed by atoms with van der Waals surface area (Å²) in [6, 6.07) is 14.0. The number of rotatable bonds is 5. The van der Waals surface area contributed by atoms with E-state index in [0.717, 1.165) is 33.5 Å². The Hall–Kier alpha value is -3.52. The minimum absolute atomic E-state index is 0.667. The van der Waals surface area contributed by atoms with Crippen molar-refractivity contribution in [1.82, 2.24) is 34.1 Å². The Labute approximate surface area is 171 Å². The Morgan fingerprint density at radius 3 is 2.76 bits per heavy atom. The molecule has 0 saturated heterocycles. The smallest absolute Gasteiger partial charge is 0.233 e. The van der Waals surface area contributed by atoms with E-state index in [1.54, 1.807) is 30.4 Å². The first-order valence-electron chi connectivity index (χ1n) is 9.13. The van der Waals surface area contributed by atoms with Gasteiger partial charge < -0.3 is 0 Å². The molecule has 0 aliphatic carbocycles. The monoisotopic (exact) mass is 399 g/mol. The SMILES string of the molecule is Cc1ccccc1-n1c(SCc2cn3cccnc3n2)nnc1-c1cccnc1. The first-order valence-corrected chi connectivity index (χ1v) is 10.1. The van der Waals surface area contributed by atoms with Gasteiger partial charge >= 0.3 is 0 Å². The lowest BCUT2D eigenvalue weighted by Gasteiger charge is -2.12. The van der Waals surface area contributed by atoms with Crippen LogP contribution >= 0.6 is 11.8 Å². The van der Waals surface area contributed by atoms with Crippen molar-refractivity contribution in [3.8, 4) is 17.1 Å². The summed E-state index contributed by atoms with van der Waals surface area (Å²) in [5.41, 5.74) is 4.06. The summed E-state index contributed by atoms with van der Waals surface area (Å²) in [6.45, 7) is 2.09. The van der Waals surface area contributed by atoms with Gasteiger partial charge in [-0.2, -0.15) is 0 Å². The molecule has 0 aliphatic rings. The molecule has 142 valence electrons. The lowest BCUT2D eigenvalue weighted by atomic mass is 10.2. The van der Waals surface area contributed by atoms with Crippen LogP contribution in [0.25, 0.3) is 22.9 Å². The van der Waals surface area contributed by atoms with Gasteiger partial charge in [-0.1, -0.05) is 30.0 Å². The fraction of sp³-hybridized carbons (Fsp3) is 0.0952. The predicted octanol–water partition coefficient (Wildman–Crippen LogP) is 3.97. The minimum Gasteiger partial charge on any atom is -0.291 e. The lowest BCUT2D eigenvalue weighted by molar-refractivity contribution is 0.879. The standard InChI is InChI=1S/C21H17N7S/c1-15-6-2-3-8-18(15)28-19(16-7-4-9-22-12-16)25-26-21(28)29-14-17-13-27-11-5-10-23-20(27)24-17/h2-13H,14H2,1H3. The number of fused-ring (bicyclic) bond motifs is 1. The lowest BCUT2D eigenvalue weighted by Crippen LogP contribution is -2.02. The van der Waals surface area contributed by atoms with Gasteiger partial charge in [-0.05, 0) is 36.8 Å². The second kappa shape index (κ2) is 7.48. The van der Waals surface area contributed by atoms with E-state index >= 15 is 0 Å². The first kappa shape index (κ1) is 17.6. The number of imidazole rings is 1. The maximum atomic E-state index is 4.58. The molecule has 0 unspecified atom stereocenters. The normalized spacial score (nSPS) is 11.2. The Kier molecular flexibility index (Phi) is 4.53. The average Bonchev–Trinajstić information content (AvgIpc) is 3.37. The third-order valence-electron chi connectivity index (χ3n) is 4.54. The van der Waals surface area contributed by atoms with Gasteiger partial charge in [0.1, 0.15) is 0 Å². The van der Waals surface area contributed by atoms with Crippen LogP contribution in [0.1, 0.15) is 11.3 Å². The van der Waals surface area contributed by atoms with Gasteiger partial charge in [0.25, 0.3) is 0 Å². The highest BCUT2D eigenvalue weighted by Crippen LogP contribution is 2.30. The predicted molar refractivity (Wildman–Crippen MR) is 112 cm³/mol. The summed E-state index contributed by atoms with van der Waals surface area (Å²) in [5.74, 6) is 2.13. The molecule has 1 aromatic carbocycles. The molecule has 0 atom stereocenters. The highest BCUT2D eigenvalue weighted by atomic mass is 32.2. The van der Waals surface area contributed by atoms with Crippen molar-refractivity contribution in [1.29, 1.82) is 0 Å². The van der Waals surface area contributed by atoms with Gasteiger partial charge in [-0.3, -0.25) is 14.0 Å². The summed E-state index contributed by atoms with van der Waals surface area (Å²) in [7, 11) is 0. The molecule has 4 aromatic heterocycles. The molecule has 0 N–H and O–H groups in total. The molecule has 4 heterocycles. The largest absolute Gasteiger partial charge is 0.291 e. The third-order valence-corrected chi connectivity index (χ3v) is 5.51. The molecule has 0 amide bonds. The van der Waals surface area contributed by atoms with Crippen molar-refractivity contribution in [2.75, 3.05) is 0 Å². The number of aryl methyl sites for hydroxylation is 1. The van der Waals surface area contributed by atoms with E-state index in [1.165, 1.54) is 0 Å². The van der Waals surface area contributed by atoms with Gasteiger partial charge in [0.15, 0.2) is 11.0 Å². The summed E-state index contributed by atoms with van der Waals surface area (Å²) in [6.07, 6.45) is 9.24. The molecule has 0 spiro atoms. The van der Waals surface area contributed by atoms with Crippen LogP contribution in [0.15, 0.2) is 78.6 Å². The fourth-order valence-electron chi connectivity index (χ4n) is 3.16. The summed E-state index contributed by atoms with van der Waals surface area (Å²) in [4.78, 5) is 13.1. The van der Waals surface area contributed by atoms with E-state index in [0.29, 0.717) is 11.5 Å². The summed E-state index contributed by atoms with van der Waals surface area (Å²) in [5, 5.41) is 9.76. The Morgan fingerprint density at radius 1 is 1.00 bits per heavy atom. The number of hydrogen-bond donors (Lipinski definition) is 0. The van der Waals surface area contributed by atoms with Gasteiger partial charge in [0, 0.05) is 42.3 Å². The van der Waals surface area contributed by atoms with Crippen LogP contribution in [-0.2, 0) is 5.75 Å². The second-order valence-electron chi connectivity index (χ2n) is 6.52. The van der Waals surface area contributed by atoms with Crippen LogP contribution in [0.4, 0.5) is 0 Å². The Morgan fingerprint density at radius 2 is 1.93 bits per heavy atom. The van der Waals surface area contributed by atoms with E-state index in [4.69, 9.17) is 0 Å². The molecule has 0 bridgehead atoms. The quantitative estimate of drug-likeness (QED) is 0.416. The van der Waals surface area contributed by atoms with E-state index in [9.17, 15) is 0 Å². The number of hydrogen-bond acceptors (Lipinski definition) is 6. The Balaban J connectivity index is 1.54. The third kappa shape index (κ3) is 3.38. The molecular weight excluding hydrogens is 382 g/mol. The maximum Gasteiger partial charge on any atom is 0.233 e. The van der Waals surface area contributed by atoms with Crippen molar-refractivity contribution in [2.24, 2.45) is 0 Å².